The summed E-state index contributed by atoms with van der Waals surface area (Å²) in [6.45, 7) is 1.53. The van der Waals surface area contributed by atoms with E-state index in [-0.39, 0.29) is 17.8 Å². The lowest BCUT2D eigenvalue weighted by Crippen LogP contribution is -2.23. The first-order valence-corrected chi connectivity index (χ1v) is 9.07. The molecule has 1 fully saturated rings. The Bertz CT molecular complexity index is 790. The fourth-order valence-corrected chi connectivity index (χ4v) is 3.74. The molecule has 1 saturated heterocycles. The molecule has 1 aromatic carbocycles. The molecule has 2 aromatic rings. The first kappa shape index (κ1) is 16.5. The molecule has 0 amide bonds. The van der Waals surface area contributed by atoms with Crippen molar-refractivity contribution in [3.05, 3.63) is 52.3 Å². The number of halogens is 1. The van der Waals surface area contributed by atoms with Crippen molar-refractivity contribution >= 4 is 23.3 Å². The van der Waals surface area contributed by atoms with Crippen LogP contribution in [0.3, 0.4) is 0 Å². The third-order valence-electron chi connectivity index (χ3n) is 4.87. The summed E-state index contributed by atoms with van der Waals surface area (Å²) in [6, 6.07) is 7.72. The van der Waals surface area contributed by atoms with Crippen molar-refractivity contribution in [3.8, 4) is 0 Å². The monoisotopic (exact) mass is 357 g/mol. The number of benzene rings is 1. The quantitative estimate of drug-likeness (QED) is 0.905. The molecule has 25 heavy (non-hydrogen) atoms. The number of nitrogens with zero attached hydrogens (tertiary/aromatic N) is 2. The molecule has 5 nitrogen and oxygen atoms in total. The van der Waals surface area contributed by atoms with Crippen molar-refractivity contribution in [1.82, 2.24) is 9.97 Å². The minimum atomic E-state index is 0.0944. The number of Topliss-reactive ketones (excluding diaryl/α,β-unsaturated/α-hetero) is 1. The molecule has 6 heteroatoms. The maximum absolute atomic E-state index is 12.5. The number of anilines is 1. The van der Waals surface area contributed by atoms with E-state index in [9.17, 15) is 4.79 Å². The van der Waals surface area contributed by atoms with Crippen LogP contribution in [0.15, 0.2) is 30.5 Å². The maximum Gasteiger partial charge on any atom is 0.222 e. The van der Waals surface area contributed by atoms with Crippen molar-refractivity contribution in [2.24, 2.45) is 0 Å². The van der Waals surface area contributed by atoms with Gasteiger partial charge in [-0.25, -0.2) is 9.97 Å². The van der Waals surface area contributed by atoms with E-state index in [1.807, 2.05) is 24.3 Å². The predicted octanol–water partition coefficient (Wildman–Crippen LogP) is 3.63. The standard InChI is InChI=1S/C19H20ClN3O2/c20-14-4-1-3-12(7-14)13-8-17-16(18(24)9-13)11-22-19(23-17)21-10-15-5-2-6-25-15/h1,3-4,7,11,13,15H,2,5-6,8-10H2,(H,21,22,23)/t13-,15+/m1/s1. The average molecular weight is 358 g/mol. The second kappa shape index (κ2) is 7.10. The number of fused-ring (bicyclic) bond motifs is 1. The summed E-state index contributed by atoms with van der Waals surface area (Å²) < 4.78 is 5.61. The van der Waals surface area contributed by atoms with Gasteiger partial charge in [-0.15, -0.1) is 0 Å². The van der Waals surface area contributed by atoms with Crippen LogP contribution in [0.4, 0.5) is 5.95 Å². The number of hydrogen-bond acceptors (Lipinski definition) is 5. The highest BCUT2D eigenvalue weighted by atomic mass is 35.5. The van der Waals surface area contributed by atoms with Gasteiger partial charge in [0.2, 0.25) is 5.95 Å². The molecule has 0 bridgehead atoms. The lowest BCUT2D eigenvalue weighted by atomic mass is 9.82. The van der Waals surface area contributed by atoms with Crippen LogP contribution in [-0.2, 0) is 11.2 Å². The Labute approximate surface area is 151 Å². The molecule has 2 atom stereocenters. The minimum absolute atomic E-state index is 0.0944. The van der Waals surface area contributed by atoms with Gasteiger partial charge in [0.1, 0.15) is 0 Å². The van der Waals surface area contributed by atoms with E-state index in [0.29, 0.717) is 29.5 Å². The summed E-state index contributed by atoms with van der Waals surface area (Å²) >= 11 is 6.10. The van der Waals surface area contributed by atoms with Gasteiger partial charge in [0, 0.05) is 30.8 Å². The van der Waals surface area contributed by atoms with E-state index in [4.69, 9.17) is 16.3 Å². The first-order valence-electron chi connectivity index (χ1n) is 8.69. The lowest BCUT2D eigenvalue weighted by Gasteiger charge is -2.23. The third-order valence-corrected chi connectivity index (χ3v) is 5.11. The molecule has 2 aliphatic rings. The van der Waals surface area contributed by atoms with Crippen LogP contribution in [0, 0.1) is 0 Å². The summed E-state index contributed by atoms with van der Waals surface area (Å²) in [4.78, 5) is 21.4. The van der Waals surface area contributed by atoms with Gasteiger partial charge >= 0.3 is 0 Å². The summed E-state index contributed by atoms with van der Waals surface area (Å²) in [7, 11) is 0. The van der Waals surface area contributed by atoms with Crippen molar-refractivity contribution in [3.63, 3.8) is 0 Å². The number of ether oxygens (including phenoxy) is 1. The predicted molar refractivity (Wildman–Crippen MR) is 96.3 cm³/mol. The molecule has 0 spiro atoms. The molecule has 0 unspecified atom stereocenters. The van der Waals surface area contributed by atoms with Crippen LogP contribution in [0.2, 0.25) is 5.02 Å². The largest absolute Gasteiger partial charge is 0.376 e. The Balaban J connectivity index is 1.52. The van der Waals surface area contributed by atoms with E-state index in [2.05, 4.69) is 15.3 Å². The van der Waals surface area contributed by atoms with Crippen LogP contribution in [-0.4, -0.2) is 35.0 Å². The van der Waals surface area contributed by atoms with Gasteiger partial charge in [-0.05, 0) is 42.9 Å². The van der Waals surface area contributed by atoms with Gasteiger partial charge in [-0.3, -0.25) is 4.79 Å². The summed E-state index contributed by atoms with van der Waals surface area (Å²) in [5, 5.41) is 3.93. The van der Waals surface area contributed by atoms with Gasteiger partial charge in [0.05, 0.1) is 17.4 Å². The number of rotatable bonds is 4. The Kier molecular flexibility index (Phi) is 4.68. The van der Waals surface area contributed by atoms with Crippen LogP contribution >= 0.6 is 11.6 Å². The average Bonchev–Trinajstić information content (AvgIpc) is 3.13. The second-order valence-electron chi connectivity index (χ2n) is 6.65. The van der Waals surface area contributed by atoms with Gasteiger partial charge in [0.15, 0.2) is 5.78 Å². The van der Waals surface area contributed by atoms with Gasteiger partial charge in [-0.1, -0.05) is 23.7 Å². The molecular weight excluding hydrogens is 338 g/mol. The molecule has 2 heterocycles. The Hall–Kier alpha value is -1.98. The van der Waals surface area contributed by atoms with Crippen LogP contribution in [0.1, 0.15) is 46.8 Å². The van der Waals surface area contributed by atoms with Crippen molar-refractivity contribution in [2.75, 3.05) is 18.5 Å². The zero-order valence-electron chi connectivity index (χ0n) is 13.9. The topological polar surface area (TPSA) is 64.1 Å². The Morgan fingerprint density at radius 3 is 3.04 bits per heavy atom. The van der Waals surface area contributed by atoms with Crippen LogP contribution in [0.25, 0.3) is 0 Å². The van der Waals surface area contributed by atoms with E-state index in [0.717, 1.165) is 37.1 Å². The number of aromatic nitrogens is 2. The summed E-state index contributed by atoms with van der Waals surface area (Å²) in [5.74, 6) is 0.769. The minimum Gasteiger partial charge on any atom is -0.376 e. The molecule has 0 saturated carbocycles. The number of nitrogens with one attached hydrogen (secondary N) is 1. The SMILES string of the molecule is O=C1C[C@H](c2cccc(Cl)c2)Cc2nc(NC[C@@H]3CCCO3)ncc21. The van der Waals surface area contributed by atoms with Crippen molar-refractivity contribution in [1.29, 1.82) is 0 Å². The first-order chi connectivity index (χ1) is 12.2. The smallest absolute Gasteiger partial charge is 0.222 e. The summed E-state index contributed by atoms with van der Waals surface area (Å²) in [6.07, 6.45) is 5.23. The van der Waals surface area contributed by atoms with Gasteiger partial charge in [-0.2, -0.15) is 0 Å². The molecule has 130 valence electrons. The fourth-order valence-electron chi connectivity index (χ4n) is 3.54. The molecule has 0 radical (unpaired) electrons. The van der Waals surface area contributed by atoms with E-state index < -0.39 is 0 Å². The van der Waals surface area contributed by atoms with E-state index in [1.54, 1.807) is 6.20 Å². The highest BCUT2D eigenvalue weighted by Crippen LogP contribution is 2.33. The zero-order valence-corrected chi connectivity index (χ0v) is 14.6. The fraction of sp³-hybridized carbons (Fsp3) is 0.421. The van der Waals surface area contributed by atoms with Crippen LogP contribution < -0.4 is 5.32 Å². The van der Waals surface area contributed by atoms with Crippen molar-refractivity contribution < 1.29 is 9.53 Å². The molecule has 1 aromatic heterocycles. The number of hydrogen-bond donors (Lipinski definition) is 1. The second-order valence-corrected chi connectivity index (χ2v) is 7.09. The molecular formula is C19H20ClN3O2. The molecule has 1 aliphatic heterocycles. The summed E-state index contributed by atoms with van der Waals surface area (Å²) in [5.41, 5.74) is 2.53. The zero-order chi connectivity index (χ0) is 17.2. The van der Waals surface area contributed by atoms with Gasteiger partial charge < -0.3 is 10.1 Å². The Morgan fingerprint density at radius 1 is 1.32 bits per heavy atom. The van der Waals surface area contributed by atoms with E-state index >= 15 is 0 Å². The molecule has 1 aliphatic carbocycles. The molecule has 4 rings (SSSR count). The number of carbonyl (C=O) groups is 1. The van der Waals surface area contributed by atoms with Crippen LogP contribution in [0.5, 0.6) is 0 Å². The van der Waals surface area contributed by atoms with E-state index in [1.165, 1.54) is 0 Å². The van der Waals surface area contributed by atoms with Gasteiger partial charge in [0.25, 0.3) is 0 Å². The van der Waals surface area contributed by atoms with Crippen molar-refractivity contribution in [2.45, 2.75) is 37.7 Å². The molecule has 1 N–H and O–H groups in total. The Morgan fingerprint density at radius 2 is 2.24 bits per heavy atom. The third kappa shape index (κ3) is 3.67. The number of ketones is 1. The maximum atomic E-state index is 12.5. The lowest BCUT2D eigenvalue weighted by molar-refractivity contribution is 0.0962. The normalized spacial score (nSPS) is 22.7. The highest BCUT2D eigenvalue weighted by molar-refractivity contribution is 6.30. The number of carbonyl (C=O) groups excluding carboxylic acids is 1. The highest BCUT2D eigenvalue weighted by Gasteiger charge is 2.28.